The molecule has 4 rings (SSSR count). The first kappa shape index (κ1) is 13.5. The van der Waals surface area contributed by atoms with E-state index in [1.807, 2.05) is 43.8 Å². The van der Waals surface area contributed by atoms with Gasteiger partial charge in [-0.25, -0.2) is 4.98 Å². The molecular formula is C19H16N4. The highest BCUT2D eigenvalue weighted by molar-refractivity contribution is 5.81. The van der Waals surface area contributed by atoms with Crippen LogP contribution in [0.15, 0.2) is 73.2 Å². The molecule has 2 heterocycles. The lowest BCUT2D eigenvalue weighted by molar-refractivity contribution is 1.09. The first-order valence-corrected chi connectivity index (χ1v) is 7.52. The number of imidazole rings is 1. The Balaban J connectivity index is 1.82. The molecule has 112 valence electrons. The van der Waals surface area contributed by atoms with Crippen LogP contribution in [0, 0.1) is 0 Å². The van der Waals surface area contributed by atoms with Crippen molar-refractivity contribution in [3.05, 3.63) is 73.2 Å². The van der Waals surface area contributed by atoms with Crippen LogP contribution in [0.1, 0.15) is 0 Å². The van der Waals surface area contributed by atoms with Crippen molar-refractivity contribution in [3.63, 3.8) is 0 Å². The maximum absolute atomic E-state index is 4.51. The van der Waals surface area contributed by atoms with Crippen LogP contribution in [-0.2, 0) is 0 Å². The van der Waals surface area contributed by atoms with Crippen molar-refractivity contribution < 1.29 is 0 Å². The summed E-state index contributed by atoms with van der Waals surface area (Å²) in [4.78, 5) is 8.94. The summed E-state index contributed by atoms with van der Waals surface area (Å²) in [5.41, 5.74) is 6.26. The van der Waals surface area contributed by atoms with Crippen LogP contribution in [0.2, 0.25) is 0 Å². The van der Waals surface area contributed by atoms with Crippen LogP contribution in [0.4, 0.5) is 5.69 Å². The molecule has 0 saturated carbocycles. The van der Waals surface area contributed by atoms with Gasteiger partial charge >= 0.3 is 0 Å². The normalized spacial score (nSPS) is 10.8. The number of pyridine rings is 1. The Hall–Kier alpha value is -3.14. The monoisotopic (exact) mass is 300 g/mol. The van der Waals surface area contributed by atoms with Crippen LogP contribution in [-0.4, -0.2) is 21.6 Å². The highest BCUT2D eigenvalue weighted by Crippen LogP contribution is 2.24. The molecular weight excluding hydrogens is 284 g/mol. The number of rotatable bonds is 3. The van der Waals surface area contributed by atoms with Gasteiger partial charge in [-0.1, -0.05) is 18.2 Å². The molecule has 0 radical (unpaired) electrons. The standard InChI is InChI=1S/C19H16N4/c1-20-15-8-9-19-18(12-15)22-13-23(19)16-6-4-5-14(11-16)17-7-2-3-10-21-17/h2-13,20H,1H3. The predicted molar refractivity (Wildman–Crippen MR) is 93.8 cm³/mol. The van der Waals surface area contributed by atoms with Crippen LogP contribution in [0.3, 0.4) is 0 Å². The van der Waals surface area contributed by atoms with E-state index in [0.717, 1.165) is 33.7 Å². The van der Waals surface area contributed by atoms with Gasteiger partial charge in [0, 0.05) is 30.2 Å². The van der Waals surface area contributed by atoms with E-state index in [1.54, 1.807) is 0 Å². The molecule has 0 aliphatic heterocycles. The maximum Gasteiger partial charge on any atom is 0.100 e. The third kappa shape index (κ3) is 2.44. The van der Waals surface area contributed by atoms with E-state index in [9.17, 15) is 0 Å². The van der Waals surface area contributed by atoms with E-state index < -0.39 is 0 Å². The summed E-state index contributed by atoms with van der Waals surface area (Å²) in [5.74, 6) is 0. The quantitative estimate of drug-likeness (QED) is 0.618. The van der Waals surface area contributed by atoms with Gasteiger partial charge in [-0.2, -0.15) is 0 Å². The molecule has 0 aliphatic carbocycles. The number of hydrogen-bond acceptors (Lipinski definition) is 3. The maximum atomic E-state index is 4.51. The highest BCUT2D eigenvalue weighted by atomic mass is 15.0. The minimum atomic E-state index is 0.969. The average Bonchev–Trinajstić information content (AvgIpc) is 3.05. The number of aromatic nitrogens is 3. The van der Waals surface area contributed by atoms with Crippen molar-refractivity contribution in [2.45, 2.75) is 0 Å². The van der Waals surface area contributed by atoms with Crippen LogP contribution in [0.25, 0.3) is 28.0 Å². The van der Waals surface area contributed by atoms with Gasteiger partial charge < -0.3 is 5.32 Å². The molecule has 4 nitrogen and oxygen atoms in total. The zero-order valence-corrected chi connectivity index (χ0v) is 12.8. The van der Waals surface area contributed by atoms with Crippen LogP contribution >= 0.6 is 0 Å². The molecule has 4 heteroatoms. The molecule has 0 spiro atoms. The first-order valence-electron chi connectivity index (χ1n) is 7.52. The largest absolute Gasteiger partial charge is 0.388 e. The molecule has 1 N–H and O–H groups in total. The molecule has 0 saturated heterocycles. The first-order chi connectivity index (χ1) is 11.3. The molecule has 4 aromatic rings. The molecule has 0 bridgehead atoms. The molecule has 0 aliphatic rings. The van der Waals surface area contributed by atoms with Crippen LogP contribution in [0.5, 0.6) is 0 Å². The van der Waals surface area contributed by atoms with Crippen molar-refractivity contribution in [2.75, 3.05) is 12.4 Å². The van der Waals surface area contributed by atoms with Crippen molar-refractivity contribution in [1.82, 2.24) is 14.5 Å². The Morgan fingerprint density at radius 3 is 2.70 bits per heavy atom. The molecule has 0 unspecified atom stereocenters. The topological polar surface area (TPSA) is 42.7 Å². The Kier molecular flexibility index (Phi) is 3.27. The van der Waals surface area contributed by atoms with Gasteiger partial charge in [-0.05, 0) is 42.5 Å². The second-order valence-corrected chi connectivity index (χ2v) is 5.33. The molecule has 0 amide bonds. The van der Waals surface area contributed by atoms with Crippen molar-refractivity contribution in [2.24, 2.45) is 0 Å². The highest BCUT2D eigenvalue weighted by Gasteiger charge is 2.07. The zero-order chi connectivity index (χ0) is 15.6. The summed E-state index contributed by atoms with van der Waals surface area (Å²) in [6.07, 6.45) is 3.68. The Morgan fingerprint density at radius 2 is 1.87 bits per heavy atom. The zero-order valence-electron chi connectivity index (χ0n) is 12.8. The lowest BCUT2D eigenvalue weighted by Gasteiger charge is -2.07. The van der Waals surface area contributed by atoms with Crippen LogP contribution < -0.4 is 5.32 Å². The number of benzene rings is 2. The summed E-state index contributed by atoms with van der Waals surface area (Å²) in [6.45, 7) is 0. The third-order valence-corrected chi connectivity index (χ3v) is 3.92. The summed E-state index contributed by atoms with van der Waals surface area (Å²) in [6, 6.07) is 20.5. The van der Waals surface area contributed by atoms with Gasteiger partial charge in [0.15, 0.2) is 0 Å². The average molecular weight is 300 g/mol. The fourth-order valence-corrected chi connectivity index (χ4v) is 2.72. The van der Waals surface area contributed by atoms with Gasteiger partial charge in [0.1, 0.15) is 6.33 Å². The lowest BCUT2D eigenvalue weighted by Crippen LogP contribution is -1.93. The van der Waals surface area contributed by atoms with Gasteiger partial charge in [0.05, 0.1) is 16.7 Å². The summed E-state index contributed by atoms with van der Waals surface area (Å²) in [7, 11) is 1.91. The number of nitrogens with one attached hydrogen (secondary N) is 1. The third-order valence-electron chi connectivity index (χ3n) is 3.92. The Morgan fingerprint density at radius 1 is 0.913 bits per heavy atom. The molecule has 2 aromatic heterocycles. The van der Waals surface area contributed by atoms with E-state index in [0.29, 0.717) is 0 Å². The van der Waals surface area contributed by atoms with Crippen molar-refractivity contribution >= 4 is 16.7 Å². The van der Waals surface area contributed by atoms with Gasteiger partial charge in [0.2, 0.25) is 0 Å². The number of anilines is 1. The van der Waals surface area contributed by atoms with Crippen molar-refractivity contribution in [1.29, 1.82) is 0 Å². The minimum Gasteiger partial charge on any atom is -0.388 e. The molecule has 0 atom stereocenters. The molecule has 0 fully saturated rings. The lowest BCUT2D eigenvalue weighted by atomic mass is 10.1. The SMILES string of the molecule is CNc1ccc2c(c1)ncn2-c1cccc(-c2ccccn2)c1. The van der Waals surface area contributed by atoms with E-state index >= 15 is 0 Å². The second-order valence-electron chi connectivity index (χ2n) is 5.33. The predicted octanol–water partition coefficient (Wildman–Crippen LogP) is 4.13. The number of hydrogen-bond donors (Lipinski definition) is 1. The van der Waals surface area contributed by atoms with E-state index in [4.69, 9.17) is 0 Å². The molecule has 2 aromatic carbocycles. The van der Waals surface area contributed by atoms with E-state index in [1.165, 1.54) is 0 Å². The van der Waals surface area contributed by atoms with Gasteiger partial charge in [-0.3, -0.25) is 9.55 Å². The Bertz CT molecular complexity index is 957. The number of fused-ring (bicyclic) bond motifs is 1. The smallest absolute Gasteiger partial charge is 0.100 e. The summed E-state index contributed by atoms with van der Waals surface area (Å²) in [5, 5.41) is 3.14. The Labute approximate surface area is 134 Å². The fraction of sp³-hybridized carbons (Fsp3) is 0.0526. The summed E-state index contributed by atoms with van der Waals surface area (Å²) < 4.78 is 2.10. The van der Waals surface area contributed by atoms with Gasteiger partial charge in [0.25, 0.3) is 0 Å². The summed E-state index contributed by atoms with van der Waals surface area (Å²) >= 11 is 0. The van der Waals surface area contributed by atoms with Gasteiger partial charge in [-0.15, -0.1) is 0 Å². The van der Waals surface area contributed by atoms with Crippen molar-refractivity contribution in [3.8, 4) is 16.9 Å². The molecule has 23 heavy (non-hydrogen) atoms. The van der Waals surface area contributed by atoms with E-state index in [2.05, 4.69) is 56.3 Å². The van der Waals surface area contributed by atoms with E-state index in [-0.39, 0.29) is 0 Å². The fourth-order valence-electron chi connectivity index (χ4n) is 2.72. The second kappa shape index (κ2) is 5.57. The minimum absolute atomic E-state index is 0.969. The number of nitrogens with zero attached hydrogens (tertiary/aromatic N) is 3.